The first-order valence-electron chi connectivity index (χ1n) is 3.04. The van der Waals surface area contributed by atoms with Gasteiger partial charge in [0.1, 0.15) is 5.82 Å². The van der Waals surface area contributed by atoms with E-state index in [1.165, 1.54) is 22.6 Å². The molecule has 0 atom stereocenters. The second kappa shape index (κ2) is 3.61. The van der Waals surface area contributed by atoms with E-state index in [1.807, 2.05) is 0 Å². The van der Waals surface area contributed by atoms with Gasteiger partial charge in [0.25, 0.3) is 0 Å². The monoisotopic (exact) mass is 324 g/mol. The maximum Gasteiger partial charge on any atom is 0.417 e. The van der Waals surface area contributed by atoms with Gasteiger partial charge in [0.15, 0.2) is 0 Å². The van der Waals surface area contributed by atoms with Crippen LogP contribution in [0.2, 0.25) is 5.02 Å². The van der Waals surface area contributed by atoms with Crippen molar-refractivity contribution in [2.24, 2.45) is 0 Å². The Balaban J connectivity index is 3.35. The zero-order valence-corrected chi connectivity index (χ0v) is 8.84. The third kappa shape index (κ3) is 2.25. The summed E-state index contributed by atoms with van der Waals surface area (Å²) in [5.41, 5.74) is -1.01. The average molecular weight is 324 g/mol. The van der Waals surface area contributed by atoms with Crippen LogP contribution in [0.25, 0.3) is 0 Å². The summed E-state index contributed by atoms with van der Waals surface area (Å²) in [6, 6.07) is 1.37. The quantitative estimate of drug-likeness (QED) is 0.383. The van der Waals surface area contributed by atoms with E-state index in [-0.39, 0.29) is 3.57 Å². The van der Waals surface area contributed by atoms with Gasteiger partial charge in [-0.1, -0.05) is 11.6 Å². The summed E-state index contributed by atoms with van der Waals surface area (Å²) in [5, 5.41) is -0.590. The van der Waals surface area contributed by atoms with Crippen LogP contribution in [-0.4, -0.2) is 0 Å². The van der Waals surface area contributed by atoms with Crippen LogP contribution in [0.4, 0.5) is 17.6 Å². The maximum atomic E-state index is 12.7. The fourth-order valence-electron chi connectivity index (χ4n) is 0.745. The lowest BCUT2D eigenvalue weighted by Gasteiger charge is -2.09. The van der Waals surface area contributed by atoms with Crippen molar-refractivity contribution >= 4 is 34.2 Å². The molecule has 0 N–H and O–H groups in total. The fraction of sp³-hybridized carbons (Fsp3) is 0.143. The first kappa shape index (κ1) is 11.0. The predicted molar refractivity (Wildman–Crippen MR) is 49.1 cm³/mol. The van der Waals surface area contributed by atoms with Crippen LogP contribution in [0, 0.1) is 9.39 Å². The summed E-state index contributed by atoms with van der Waals surface area (Å²) in [4.78, 5) is 0. The topological polar surface area (TPSA) is 0 Å². The zero-order valence-electron chi connectivity index (χ0n) is 5.92. The Hall–Kier alpha value is -0.0400. The average Bonchev–Trinajstić information content (AvgIpc) is 1.98. The largest absolute Gasteiger partial charge is 0.417 e. The Labute approximate surface area is 90.0 Å². The molecule has 0 aromatic heterocycles. The van der Waals surface area contributed by atoms with E-state index in [4.69, 9.17) is 11.6 Å². The first-order valence-corrected chi connectivity index (χ1v) is 4.50. The van der Waals surface area contributed by atoms with Gasteiger partial charge in [-0.05, 0) is 34.7 Å². The van der Waals surface area contributed by atoms with Crippen molar-refractivity contribution in [3.05, 3.63) is 32.1 Å². The lowest BCUT2D eigenvalue weighted by molar-refractivity contribution is -0.137. The molecule has 0 nitrogen and oxygen atoms in total. The maximum absolute atomic E-state index is 12.7. The molecule has 0 saturated heterocycles. The third-order valence-corrected chi connectivity index (χ3v) is 3.11. The lowest BCUT2D eigenvalue weighted by atomic mass is 10.2. The molecule has 1 aromatic rings. The molecule has 0 bridgehead atoms. The minimum absolute atomic E-state index is 0.214. The van der Waals surface area contributed by atoms with Crippen molar-refractivity contribution in [1.29, 1.82) is 0 Å². The molecule has 0 heterocycles. The molecule has 6 heteroatoms. The molecular formula is C7H2ClF4I. The Bertz CT molecular complexity index is 334. The molecule has 0 fully saturated rings. The van der Waals surface area contributed by atoms with Gasteiger partial charge >= 0.3 is 6.18 Å². The Morgan fingerprint density at radius 2 is 1.77 bits per heavy atom. The summed E-state index contributed by atoms with van der Waals surface area (Å²) >= 11 is 6.74. The number of halogens is 6. The molecular weight excluding hydrogens is 322 g/mol. The number of hydrogen-bond donors (Lipinski definition) is 0. The normalized spacial score (nSPS) is 11.8. The second-order valence-electron chi connectivity index (χ2n) is 2.22. The van der Waals surface area contributed by atoms with Crippen LogP contribution in [0.15, 0.2) is 12.1 Å². The second-order valence-corrected chi connectivity index (χ2v) is 3.68. The zero-order chi connectivity index (χ0) is 10.2. The van der Waals surface area contributed by atoms with Crippen LogP contribution in [0.1, 0.15) is 5.56 Å². The number of alkyl halides is 3. The van der Waals surface area contributed by atoms with Crippen LogP contribution in [0.5, 0.6) is 0 Å². The third-order valence-electron chi connectivity index (χ3n) is 1.34. The van der Waals surface area contributed by atoms with Crippen molar-refractivity contribution in [3.8, 4) is 0 Å². The van der Waals surface area contributed by atoms with E-state index >= 15 is 0 Å². The van der Waals surface area contributed by atoms with Gasteiger partial charge < -0.3 is 0 Å². The molecule has 1 rings (SSSR count). The minimum atomic E-state index is -4.54. The van der Waals surface area contributed by atoms with Gasteiger partial charge in [-0.15, -0.1) is 0 Å². The molecule has 72 valence electrons. The van der Waals surface area contributed by atoms with E-state index in [1.54, 1.807) is 0 Å². The molecule has 0 aliphatic heterocycles. The molecule has 0 spiro atoms. The molecule has 0 saturated carbocycles. The number of benzene rings is 1. The van der Waals surface area contributed by atoms with Gasteiger partial charge in [0, 0.05) is 0 Å². The smallest absolute Gasteiger partial charge is 0.206 e. The van der Waals surface area contributed by atoms with Gasteiger partial charge in [-0.2, -0.15) is 13.2 Å². The minimum Gasteiger partial charge on any atom is -0.206 e. The van der Waals surface area contributed by atoms with Crippen LogP contribution in [-0.2, 0) is 6.18 Å². The Kier molecular flexibility index (Phi) is 3.06. The van der Waals surface area contributed by atoms with Crippen molar-refractivity contribution in [2.75, 3.05) is 0 Å². The molecule has 13 heavy (non-hydrogen) atoms. The highest BCUT2D eigenvalue weighted by Crippen LogP contribution is 2.37. The summed E-state index contributed by atoms with van der Waals surface area (Å²) in [6.45, 7) is 0. The lowest BCUT2D eigenvalue weighted by Crippen LogP contribution is -2.07. The standard InChI is InChI=1S/C7H2ClF4I/c8-5-3(7(10,11)12)1-2-4(9)6(5)13/h1-2H. The van der Waals surface area contributed by atoms with Crippen molar-refractivity contribution in [1.82, 2.24) is 0 Å². The van der Waals surface area contributed by atoms with Crippen molar-refractivity contribution < 1.29 is 17.6 Å². The van der Waals surface area contributed by atoms with Gasteiger partial charge in [-0.25, -0.2) is 4.39 Å². The first-order chi connectivity index (χ1) is 5.84. The molecule has 0 radical (unpaired) electrons. The van der Waals surface area contributed by atoms with E-state index in [9.17, 15) is 17.6 Å². The van der Waals surface area contributed by atoms with Crippen LogP contribution in [0.3, 0.4) is 0 Å². The Morgan fingerprint density at radius 3 is 2.23 bits per heavy atom. The SMILES string of the molecule is Fc1ccc(C(F)(F)F)c(Cl)c1I. The predicted octanol–water partition coefficient (Wildman–Crippen LogP) is 4.10. The van der Waals surface area contributed by atoms with E-state index in [0.717, 1.165) is 6.07 Å². The number of hydrogen-bond acceptors (Lipinski definition) is 0. The highest BCUT2D eigenvalue weighted by atomic mass is 127. The summed E-state index contributed by atoms with van der Waals surface area (Å²) in [7, 11) is 0. The highest BCUT2D eigenvalue weighted by Gasteiger charge is 2.34. The van der Waals surface area contributed by atoms with Crippen LogP contribution >= 0.6 is 34.2 Å². The van der Waals surface area contributed by atoms with Gasteiger partial charge in [0.2, 0.25) is 0 Å². The summed E-state index contributed by atoms with van der Waals surface area (Å²) in [5.74, 6) is -0.751. The number of rotatable bonds is 0. The molecule has 0 unspecified atom stereocenters. The molecule has 0 amide bonds. The molecule has 0 aliphatic rings. The van der Waals surface area contributed by atoms with Gasteiger partial charge in [-0.3, -0.25) is 0 Å². The highest BCUT2D eigenvalue weighted by molar-refractivity contribution is 14.1. The molecule has 1 aromatic carbocycles. The fourth-order valence-corrected chi connectivity index (χ4v) is 1.48. The molecule has 0 aliphatic carbocycles. The summed E-state index contributed by atoms with van der Waals surface area (Å²) in [6.07, 6.45) is -4.54. The summed E-state index contributed by atoms with van der Waals surface area (Å²) < 4.78 is 48.9. The van der Waals surface area contributed by atoms with E-state index < -0.39 is 22.6 Å². The Morgan fingerprint density at radius 1 is 1.23 bits per heavy atom. The van der Waals surface area contributed by atoms with Crippen molar-refractivity contribution in [2.45, 2.75) is 6.18 Å². The van der Waals surface area contributed by atoms with Crippen LogP contribution < -0.4 is 0 Å². The van der Waals surface area contributed by atoms with Gasteiger partial charge in [0.05, 0.1) is 14.2 Å². The van der Waals surface area contributed by atoms with E-state index in [2.05, 4.69) is 0 Å². The van der Waals surface area contributed by atoms with E-state index in [0.29, 0.717) is 6.07 Å². The van der Waals surface area contributed by atoms with Crippen molar-refractivity contribution in [3.63, 3.8) is 0 Å².